The summed E-state index contributed by atoms with van der Waals surface area (Å²) in [7, 11) is 3.46. The van der Waals surface area contributed by atoms with Crippen molar-refractivity contribution in [1.82, 2.24) is 14.7 Å². The largest absolute Gasteiger partial charge is 0.383 e. The number of hydrogen-bond donors (Lipinski definition) is 1. The molecule has 0 aliphatic rings. The van der Waals surface area contributed by atoms with Crippen LogP contribution in [0.15, 0.2) is 30.6 Å². The van der Waals surface area contributed by atoms with E-state index in [-0.39, 0.29) is 6.03 Å². The van der Waals surface area contributed by atoms with Crippen molar-refractivity contribution >= 4 is 23.3 Å². The molecule has 23 heavy (non-hydrogen) atoms. The van der Waals surface area contributed by atoms with Gasteiger partial charge in [0.25, 0.3) is 0 Å². The van der Waals surface area contributed by atoms with E-state index in [0.29, 0.717) is 30.4 Å². The number of carbonyl (C=O) groups excluding carboxylic acids is 1. The van der Waals surface area contributed by atoms with Crippen LogP contribution in [0.4, 0.5) is 10.5 Å². The van der Waals surface area contributed by atoms with Crippen molar-refractivity contribution in [2.45, 2.75) is 13.5 Å². The van der Waals surface area contributed by atoms with Crippen LogP contribution in [0.5, 0.6) is 0 Å². The summed E-state index contributed by atoms with van der Waals surface area (Å²) < 4.78 is 6.80. The number of hydrogen-bond acceptors (Lipinski definition) is 3. The smallest absolute Gasteiger partial charge is 0.322 e. The highest BCUT2D eigenvalue weighted by molar-refractivity contribution is 6.31. The lowest BCUT2D eigenvalue weighted by atomic mass is 10.2. The van der Waals surface area contributed by atoms with Crippen LogP contribution < -0.4 is 5.32 Å². The molecule has 1 N–H and O–H groups in total. The Bertz CT molecular complexity index is 672. The van der Waals surface area contributed by atoms with Crippen molar-refractivity contribution in [1.29, 1.82) is 0 Å². The minimum Gasteiger partial charge on any atom is -0.383 e. The van der Waals surface area contributed by atoms with E-state index < -0.39 is 0 Å². The summed E-state index contributed by atoms with van der Waals surface area (Å²) in [6.07, 6.45) is 3.63. The second-order valence-electron chi connectivity index (χ2n) is 5.33. The van der Waals surface area contributed by atoms with Crippen LogP contribution in [0.2, 0.25) is 5.02 Å². The van der Waals surface area contributed by atoms with Gasteiger partial charge in [0.2, 0.25) is 0 Å². The van der Waals surface area contributed by atoms with Gasteiger partial charge in [-0.3, -0.25) is 4.68 Å². The average Bonchev–Trinajstić information content (AvgIpc) is 2.92. The maximum absolute atomic E-state index is 12.5. The number of rotatable bonds is 6. The van der Waals surface area contributed by atoms with Crippen molar-refractivity contribution < 1.29 is 9.53 Å². The summed E-state index contributed by atoms with van der Waals surface area (Å²) in [5.74, 6) is 0. The number of urea groups is 1. The number of nitrogens with one attached hydrogen (secondary N) is 1. The highest BCUT2D eigenvalue weighted by Gasteiger charge is 2.15. The molecule has 7 heteroatoms. The molecule has 0 spiro atoms. The standard InChI is InChI=1S/C16H21ClN4O2/c1-12-4-5-14(8-15(12)17)19-16(22)21(6-7-23-3)11-13-9-18-20(2)10-13/h4-5,8-10H,6-7,11H2,1-3H3,(H,19,22). The van der Waals surface area contributed by atoms with Gasteiger partial charge in [0.15, 0.2) is 0 Å². The number of amides is 2. The molecule has 1 aromatic heterocycles. The van der Waals surface area contributed by atoms with Gasteiger partial charge in [-0.05, 0) is 24.6 Å². The lowest BCUT2D eigenvalue weighted by Gasteiger charge is -2.22. The minimum atomic E-state index is -0.203. The van der Waals surface area contributed by atoms with Crippen molar-refractivity contribution in [3.8, 4) is 0 Å². The Kier molecular flexibility index (Phi) is 6.01. The Hall–Kier alpha value is -2.05. The highest BCUT2D eigenvalue weighted by Crippen LogP contribution is 2.20. The van der Waals surface area contributed by atoms with Gasteiger partial charge in [0, 0.05) is 43.2 Å². The quantitative estimate of drug-likeness (QED) is 0.882. The lowest BCUT2D eigenvalue weighted by molar-refractivity contribution is 0.153. The van der Waals surface area contributed by atoms with Crippen LogP contribution >= 0.6 is 11.6 Å². The second-order valence-corrected chi connectivity index (χ2v) is 5.74. The van der Waals surface area contributed by atoms with E-state index in [1.165, 1.54) is 0 Å². The molecule has 2 rings (SSSR count). The maximum Gasteiger partial charge on any atom is 0.322 e. The molecular weight excluding hydrogens is 316 g/mol. The summed E-state index contributed by atoms with van der Waals surface area (Å²) in [5, 5.41) is 7.61. The van der Waals surface area contributed by atoms with Crippen molar-refractivity contribution in [3.63, 3.8) is 0 Å². The zero-order valence-corrected chi connectivity index (χ0v) is 14.3. The molecule has 0 aliphatic heterocycles. The molecule has 6 nitrogen and oxygen atoms in total. The molecule has 0 fully saturated rings. The van der Waals surface area contributed by atoms with Gasteiger partial charge in [0.1, 0.15) is 0 Å². The Morgan fingerprint density at radius 3 is 2.87 bits per heavy atom. The van der Waals surface area contributed by atoms with Gasteiger partial charge in [-0.2, -0.15) is 5.10 Å². The number of anilines is 1. The normalized spacial score (nSPS) is 10.6. The third-order valence-corrected chi connectivity index (χ3v) is 3.81. The Morgan fingerprint density at radius 2 is 2.26 bits per heavy atom. The number of aryl methyl sites for hydroxylation is 2. The van der Waals surface area contributed by atoms with Crippen LogP contribution in [-0.4, -0.2) is 41.0 Å². The van der Waals surface area contributed by atoms with Crippen LogP contribution in [0.3, 0.4) is 0 Å². The number of benzene rings is 1. The Balaban J connectivity index is 2.07. The zero-order chi connectivity index (χ0) is 16.8. The molecule has 0 unspecified atom stereocenters. The molecule has 0 saturated heterocycles. The summed E-state index contributed by atoms with van der Waals surface area (Å²) in [6.45, 7) is 3.32. The number of aromatic nitrogens is 2. The van der Waals surface area contributed by atoms with Crippen LogP contribution in [-0.2, 0) is 18.3 Å². The number of ether oxygens (including phenoxy) is 1. The number of nitrogens with zero attached hydrogens (tertiary/aromatic N) is 3. The fourth-order valence-corrected chi connectivity index (χ4v) is 2.28. The highest BCUT2D eigenvalue weighted by atomic mass is 35.5. The summed E-state index contributed by atoms with van der Waals surface area (Å²) in [6, 6.07) is 5.25. The molecule has 1 heterocycles. The van der Waals surface area contributed by atoms with Crippen LogP contribution in [0.25, 0.3) is 0 Å². The molecule has 2 amide bonds. The average molecular weight is 337 g/mol. The molecule has 124 valence electrons. The minimum absolute atomic E-state index is 0.203. The molecule has 0 atom stereocenters. The van der Waals surface area contributed by atoms with Crippen molar-refractivity contribution in [2.24, 2.45) is 7.05 Å². The molecule has 2 aromatic rings. The molecule has 0 saturated carbocycles. The van der Waals surface area contributed by atoms with E-state index in [2.05, 4.69) is 10.4 Å². The fourth-order valence-electron chi connectivity index (χ4n) is 2.10. The third kappa shape index (κ3) is 4.97. The van der Waals surface area contributed by atoms with Gasteiger partial charge >= 0.3 is 6.03 Å². The summed E-state index contributed by atoms with van der Waals surface area (Å²) in [4.78, 5) is 14.2. The van der Waals surface area contributed by atoms with Gasteiger partial charge in [0.05, 0.1) is 19.3 Å². The second kappa shape index (κ2) is 7.99. The van der Waals surface area contributed by atoms with Crippen molar-refractivity contribution in [2.75, 3.05) is 25.6 Å². The van der Waals surface area contributed by atoms with E-state index in [0.717, 1.165) is 11.1 Å². The van der Waals surface area contributed by atoms with Gasteiger partial charge in [-0.1, -0.05) is 17.7 Å². The fraction of sp³-hybridized carbons (Fsp3) is 0.375. The van der Waals surface area contributed by atoms with Crippen LogP contribution in [0.1, 0.15) is 11.1 Å². The van der Waals surface area contributed by atoms with E-state index in [1.54, 1.807) is 29.0 Å². The SMILES string of the molecule is COCCN(Cc1cnn(C)c1)C(=O)Nc1ccc(C)c(Cl)c1. The third-order valence-electron chi connectivity index (χ3n) is 3.41. The Morgan fingerprint density at radius 1 is 1.48 bits per heavy atom. The summed E-state index contributed by atoms with van der Waals surface area (Å²) >= 11 is 6.10. The van der Waals surface area contributed by atoms with E-state index in [1.807, 2.05) is 32.3 Å². The zero-order valence-electron chi connectivity index (χ0n) is 13.5. The van der Waals surface area contributed by atoms with E-state index in [4.69, 9.17) is 16.3 Å². The monoisotopic (exact) mass is 336 g/mol. The lowest BCUT2D eigenvalue weighted by Crippen LogP contribution is -2.36. The topological polar surface area (TPSA) is 59.4 Å². The first-order valence-electron chi connectivity index (χ1n) is 7.28. The maximum atomic E-state index is 12.5. The first-order valence-corrected chi connectivity index (χ1v) is 7.66. The van der Waals surface area contributed by atoms with Gasteiger partial charge in [-0.15, -0.1) is 0 Å². The first kappa shape index (κ1) is 17.3. The molecule has 0 radical (unpaired) electrons. The molecular formula is C16H21ClN4O2. The van der Waals surface area contributed by atoms with Crippen molar-refractivity contribution in [3.05, 3.63) is 46.7 Å². The predicted molar refractivity (Wildman–Crippen MR) is 90.7 cm³/mol. The van der Waals surface area contributed by atoms with E-state index >= 15 is 0 Å². The van der Waals surface area contributed by atoms with Gasteiger partial charge < -0.3 is 15.0 Å². The number of halogens is 1. The molecule has 1 aromatic carbocycles. The number of methoxy groups -OCH3 is 1. The Labute approximate surface area is 141 Å². The molecule has 0 aliphatic carbocycles. The number of carbonyl (C=O) groups is 1. The predicted octanol–water partition coefficient (Wildman–Crippen LogP) is 3.06. The van der Waals surface area contributed by atoms with Crippen LogP contribution in [0, 0.1) is 6.92 Å². The first-order chi connectivity index (χ1) is 11.0. The summed E-state index contributed by atoms with van der Waals surface area (Å²) in [5.41, 5.74) is 2.59. The van der Waals surface area contributed by atoms with Gasteiger partial charge in [-0.25, -0.2) is 4.79 Å². The van der Waals surface area contributed by atoms with E-state index in [9.17, 15) is 4.79 Å². The molecule has 0 bridgehead atoms.